The standard InChI is InChI=1S/C18H24N2O3/c1-14-7-6-8-15(13-14)23-12-11-20-16(21)18(19-17(20)22)9-4-2-3-5-10-18/h6-8,13H,2-5,9-12H2,1H3,(H,19,22). The fraction of sp³-hybridized carbons (Fsp3) is 0.556. The fourth-order valence-corrected chi connectivity index (χ4v) is 3.51. The van der Waals surface area contributed by atoms with Gasteiger partial charge in [0.25, 0.3) is 5.91 Å². The van der Waals surface area contributed by atoms with Gasteiger partial charge < -0.3 is 10.1 Å². The Morgan fingerprint density at radius 1 is 1.17 bits per heavy atom. The smallest absolute Gasteiger partial charge is 0.325 e. The highest BCUT2D eigenvalue weighted by Gasteiger charge is 2.50. The lowest BCUT2D eigenvalue weighted by Gasteiger charge is -2.24. The van der Waals surface area contributed by atoms with Gasteiger partial charge in [0.15, 0.2) is 0 Å². The predicted octanol–water partition coefficient (Wildman–Crippen LogP) is 3.02. The molecule has 0 aromatic heterocycles. The Hall–Kier alpha value is -2.04. The predicted molar refractivity (Wildman–Crippen MR) is 87.4 cm³/mol. The summed E-state index contributed by atoms with van der Waals surface area (Å²) >= 11 is 0. The number of aryl methyl sites for hydroxylation is 1. The van der Waals surface area contributed by atoms with Crippen LogP contribution in [0.3, 0.4) is 0 Å². The summed E-state index contributed by atoms with van der Waals surface area (Å²) in [6.07, 6.45) is 5.79. The van der Waals surface area contributed by atoms with Crippen molar-refractivity contribution in [1.29, 1.82) is 0 Å². The van der Waals surface area contributed by atoms with E-state index in [2.05, 4.69) is 5.32 Å². The lowest BCUT2D eigenvalue weighted by Crippen LogP contribution is -2.46. The molecule has 3 rings (SSSR count). The van der Waals surface area contributed by atoms with Gasteiger partial charge in [-0.25, -0.2) is 4.79 Å². The molecule has 3 amide bonds. The first-order valence-electron chi connectivity index (χ1n) is 8.44. The minimum Gasteiger partial charge on any atom is -0.492 e. The van der Waals surface area contributed by atoms with E-state index in [1.54, 1.807) is 0 Å². The van der Waals surface area contributed by atoms with Gasteiger partial charge in [-0.3, -0.25) is 9.69 Å². The number of carbonyl (C=O) groups excluding carboxylic acids is 2. The number of nitrogens with zero attached hydrogens (tertiary/aromatic N) is 1. The van der Waals surface area contributed by atoms with Gasteiger partial charge in [-0.2, -0.15) is 0 Å². The molecule has 1 saturated heterocycles. The van der Waals surface area contributed by atoms with Crippen molar-refractivity contribution in [2.45, 2.75) is 51.0 Å². The molecule has 1 aromatic carbocycles. The molecule has 1 aliphatic carbocycles. The third-order valence-corrected chi connectivity index (χ3v) is 4.78. The summed E-state index contributed by atoms with van der Waals surface area (Å²) in [5.41, 5.74) is 0.464. The van der Waals surface area contributed by atoms with Crippen molar-refractivity contribution in [2.24, 2.45) is 0 Å². The number of amides is 3. The second-order valence-electron chi connectivity index (χ2n) is 6.55. The zero-order valence-electron chi connectivity index (χ0n) is 13.6. The highest BCUT2D eigenvalue weighted by atomic mass is 16.5. The summed E-state index contributed by atoms with van der Waals surface area (Å²) in [6.45, 7) is 2.61. The maximum atomic E-state index is 12.7. The van der Waals surface area contributed by atoms with Gasteiger partial charge in [0.2, 0.25) is 0 Å². The molecule has 1 spiro atoms. The van der Waals surface area contributed by atoms with Gasteiger partial charge in [-0.1, -0.05) is 37.8 Å². The SMILES string of the molecule is Cc1cccc(OCCN2C(=O)NC3(CCCCCC3)C2=O)c1. The van der Waals surface area contributed by atoms with Gasteiger partial charge >= 0.3 is 6.03 Å². The summed E-state index contributed by atoms with van der Waals surface area (Å²) in [7, 11) is 0. The molecule has 2 aliphatic rings. The number of nitrogens with one attached hydrogen (secondary N) is 1. The first-order valence-corrected chi connectivity index (χ1v) is 8.44. The van der Waals surface area contributed by atoms with Crippen molar-refractivity contribution in [3.05, 3.63) is 29.8 Å². The number of benzene rings is 1. The number of urea groups is 1. The molecular weight excluding hydrogens is 292 g/mol. The van der Waals surface area contributed by atoms with E-state index in [0.29, 0.717) is 13.2 Å². The number of ether oxygens (including phenoxy) is 1. The molecular formula is C18H24N2O3. The van der Waals surface area contributed by atoms with Crippen LogP contribution < -0.4 is 10.1 Å². The lowest BCUT2D eigenvalue weighted by molar-refractivity contribution is -0.132. The van der Waals surface area contributed by atoms with Crippen LogP contribution in [0, 0.1) is 6.92 Å². The average Bonchev–Trinajstić information content (AvgIpc) is 2.70. The number of rotatable bonds is 4. The third-order valence-electron chi connectivity index (χ3n) is 4.78. The third kappa shape index (κ3) is 3.33. The number of imide groups is 1. The quantitative estimate of drug-likeness (QED) is 0.869. The molecule has 0 atom stereocenters. The second-order valence-corrected chi connectivity index (χ2v) is 6.55. The van der Waals surface area contributed by atoms with Crippen molar-refractivity contribution in [3.8, 4) is 5.75 Å². The van der Waals surface area contributed by atoms with Crippen LogP contribution in [0.5, 0.6) is 5.75 Å². The Kier molecular flexibility index (Phi) is 4.55. The Labute approximate surface area is 137 Å². The van der Waals surface area contributed by atoms with Crippen LogP contribution in [0.15, 0.2) is 24.3 Å². The van der Waals surface area contributed by atoms with E-state index in [9.17, 15) is 9.59 Å². The van der Waals surface area contributed by atoms with E-state index in [1.165, 1.54) is 4.90 Å². The molecule has 5 nitrogen and oxygen atoms in total. The normalized spacial score (nSPS) is 20.5. The lowest BCUT2D eigenvalue weighted by atomic mass is 9.90. The minimum atomic E-state index is -0.656. The molecule has 1 heterocycles. The highest BCUT2D eigenvalue weighted by Crippen LogP contribution is 2.32. The van der Waals surface area contributed by atoms with Gasteiger partial charge in [0.05, 0.1) is 6.54 Å². The molecule has 124 valence electrons. The van der Waals surface area contributed by atoms with E-state index in [4.69, 9.17) is 4.74 Å². The molecule has 1 saturated carbocycles. The van der Waals surface area contributed by atoms with Crippen molar-refractivity contribution < 1.29 is 14.3 Å². The Morgan fingerprint density at radius 2 is 1.91 bits per heavy atom. The summed E-state index contributed by atoms with van der Waals surface area (Å²) < 4.78 is 5.67. The monoisotopic (exact) mass is 316 g/mol. The fourth-order valence-electron chi connectivity index (χ4n) is 3.51. The molecule has 23 heavy (non-hydrogen) atoms. The molecule has 0 bridgehead atoms. The largest absolute Gasteiger partial charge is 0.492 e. The maximum Gasteiger partial charge on any atom is 0.325 e. The minimum absolute atomic E-state index is 0.0720. The number of hydrogen-bond donors (Lipinski definition) is 1. The van der Waals surface area contributed by atoms with Gasteiger partial charge in [-0.05, 0) is 37.5 Å². The van der Waals surface area contributed by atoms with Gasteiger partial charge in [-0.15, -0.1) is 0 Å². The molecule has 1 aliphatic heterocycles. The van der Waals surface area contributed by atoms with E-state index in [0.717, 1.165) is 49.8 Å². The summed E-state index contributed by atoms with van der Waals surface area (Å²) in [6, 6.07) is 7.48. The topological polar surface area (TPSA) is 58.6 Å². The number of hydrogen-bond acceptors (Lipinski definition) is 3. The Balaban J connectivity index is 1.59. The molecule has 0 unspecified atom stereocenters. The van der Waals surface area contributed by atoms with E-state index in [-0.39, 0.29) is 11.9 Å². The van der Waals surface area contributed by atoms with Crippen LogP contribution in [-0.2, 0) is 4.79 Å². The van der Waals surface area contributed by atoms with Crippen LogP contribution in [0.2, 0.25) is 0 Å². The average molecular weight is 316 g/mol. The molecule has 0 radical (unpaired) electrons. The Morgan fingerprint density at radius 3 is 2.61 bits per heavy atom. The van der Waals surface area contributed by atoms with Gasteiger partial charge in [0, 0.05) is 0 Å². The summed E-state index contributed by atoms with van der Waals surface area (Å²) in [5.74, 6) is 0.693. The van der Waals surface area contributed by atoms with Crippen LogP contribution in [0.1, 0.15) is 44.1 Å². The zero-order valence-corrected chi connectivity index (χ0v) is 13.6. The first kappa shape index (κ1) is 15.8. The highest BCUT2D eigenvalue weighted by molar-refractivity contribution is 6.07. The van der Waals surface area contributed by atoms with Crippen molar-refractivity contribution in [1.82, 2.24) is 10.2 Å². The van der Waals surface area contributed by atoms with Crippen LogP contribution >= 0.6 is 0 Å². The summed E-state index contributed by atoms with van der Waals surface area (Å²) in [4.78, 5) is 26.3. The van der Waals surface area contributed by atoms with Crippen LogP contribution in [-0.4, -0.2) is 35.5 Å². The van der Waals surface area contributed by atoms with Crippen LogP contribution in [0.4, 0.5) is 4.79 Å². The van der Waals surface area contributed by atoms with Crippen molar-refractivity contribution in [2.75, 3.05) is 13.2 Å². The van der Waals surface area contributed by atoms with Gasteiger partial charge in [0.1, 0.15) is 17.9 Å². The molecule has 1 N–H and O–H groups in total. The zero-order chi connectivity index (χ0) is 16.3. The molecule has 5 heteroatoms. The number of carbonyl (C=O) groups is 2. The Bertz CT molecular complexity index is 592. The second kappa shape index (κ2) is 6.60. The summed E-state index contributed by atoms with van der Waals surface area (Å²) in [5, 5.41) is 2.95. The first-order chi connectivity index (χ1) is 11.1. The van der Waals surface area contributed by atoms with E-state index in [1.807, 2.05) is 31.2 Å². The molecule has 1 aromatic rings. The van der Waals surface area contributed by atoms with Crippen LogP contribution in [0.25, 0.3) is 0 Å². The molecule has 2 fully saturated rings. The van der Waals surface area contributed by atoms with Crippen molar-refractivity contribution >= 4 is 11.9 Å². The van der Waals surface area contributed by atoms with E-state index < -0.39 is 5.54 Å². The maximum absolute atomic E-state index is 12.7. The van der Waals surface area contributed by atoms with E-state index >= 15 is 0 Å². The van der Waals surface area contributed by atoms with Crippen molar-refractivity contribution in [3.63, 3.8) is 0 Å².